The predicted octanol–water partition coefficient (Wildman–Crippen LogP) is 4.94. The van der Waals surface area contributed by atoms with Gasteiger partial charge in [0.05, 0.1) is 14.2 Å². The van der Waals surface area contributed by atoms with Crippen LogP contribution < -0.4 is 5.19 Å². The van der Waals surface area contributed by atoms with Crippen molar-refractivity contribution in [3.8, 4) is 0 Å². The van der Waals surface area contributed by atoms with Crippen molar-refractivity contribution in [1.82, 2.24) is 0 Å². The highest BCUT2D eigenvalue weighted by atomic mass is 32.2. The summed E-state index contributed by atoms with van der Waals surface area (Å²) in [6, 6.07) is 8.85. The van der Waals surface area contributed by atoms with Crippen LogP contribution in [-0.4, -0.2) is 21.8 Å². The monoisotopic (exact) mass is 395 g/mol. The molecule has 0 spiro atoms. The normalized spacial score (nSPS) is 13.5. The molecular formula is C21H35O3SSi. The Morgan fingerprint density at radius 2 is 1.62 bits per heavy atom. The highest BCUT2D eigenvalue weighted by molar-refractivity contribution is 7.88. The highest BCUT2D eigenvalue weighted by Crippen LogP contribution is 2.26. The van der Waals surface area contributed by atoms with Crippen molar-refractivity contribution in [2.75, 3.05) is 0 Å². The summed E-state index contributed by atoms with van der Waals surface area (Å²) in [4.78, 5) is 0. The maximum absolute atomic E-state index is 11.0. The Kier molecular flexibility index (Phi) is 8.30. The van der Waals surface area contributed by atoms with Gasteiger partial charge in [0.2, 0.25) is 0 Å². The van der Waals surface area contributed by atoms with E-state index in [0.29, 0.717) is 18.3 Å². The minimum absolute atomic E-state index is 0.0436. The van der Waals surface area contributed by atoms with Crippen LogP contribution in [0.1, 0.15) is 59.6 Å². The van der Waals surface area contributed by atoms with E-state index in [1.165, 1.54) is 28.4 Å². The van der Waals surface area contributed by atoms with Gasteiger partial charge in [-0.1, -0.05) is 90.0 Å². The van der Waals surface area contributed by atoms with Crippen molar-refractivity contribution in [3.05, 3.63) is 40.8 Å². The second-order valence-electron chi connectivity index (χ2n) is 8.98. The Bertz CT molecular complexity index is 703. The van der Waals surface area contributed by atoms with Gasteiger partial charge < -0.3 is 0 Å². The Morgan fingerprint density at radius 3 is 2.04 bits per heavy atom. The van der Waals surface area contributed by atoms with Gasteiger partial charge in [0, 0.05) is 0 Å². The molecule has 0 amide bonds. The van der Waals surface area contributed by atoms with Crippen LogP contribution >= 0.6 is 0 Å². The maximum atomic E-state index is 11.0. The first-order valence-corrected chi connectivity index (χ1v) is 12.8. The van der Waals surface area contributed by atoms with Gasteiger partial charge >= 0.3 is 0 Å². The minimum atomic E-state index is -4.08. The van der Waals surface area contributed by atoms with Crippen molar-refractivity contribution >= 4 is 24.1 Å². The summed E-state index contributed by atoms with van der Waals surface area (Å²) in [6.45, 7) is 15.9. The van der Waals surface area contributed by atoms with Crippen molar-refractivity contribution in [2.45, 2.75) is 72.4 Å². The zero-order chi connectivity index (χ0) is 20.1. The molecule has 0 unspecified atom stereocenters. The van der Waals surface area contributed by atoms with Crippen molar-refractivity contribution in [2.24, 2.45) is 11.8 Å². The van der Waals surface area contributed by atoms with E-state index in [-0.39, 0.29) is 5.41 Å². The molecule has 3 nitrogen and oxygen atoms in total. The van der Waals surface area contributed by atoms with Gasteiger partial charge in [-0.15, -0.1) is 0 Å². The topological polar surface area (TPSA) is 54.4 Å². The molecule has 0 fully saturated rings. The fourth-order valence-corrected chi connectivity index (χ4v) is 7.75. The fraction of sp³-hybridized carbons (Fsp3) is 0.619. The largest absolute Gasteiger partial charge is 0.287 e. The fourth-order valence-electron chi connectivity index (χ4n) is 3.38. The Balaban J connectivity index is 3.47. The van der Waals surface area contributed by atoms with Gasteiger partial charge in [0.15, 0.2) is 0 Å². The molecule has 147 valence electrons. The first-order chi connectivity index (χ1) is 11.8. The first-order valence-electron chi connectivity index (χ1n) is 9.42. The lowest BCUT2D eigenvalue weighted by Crippen LogP contribution is -2.41. The summed E-state index contributed by atoms with van der Waals surface area (Å²) in [7, 11) is -4.85. The molecule has 1 N–H and O–H groups in total. The molecule has 0 saturated heterocycles. The van der Waals surface area contributed by atoms with Crippen molar-refractivity contribution < 1.29 is 13.0 Å². The van der Waals surface area contributed by atoms with Crippen LogP contribution in [0.2, 0.25) is 12.1 Å². The molecule has 0 aliphatic rings. The number of rotatable bonds is 8. The first kappa shape index (κ1) is 23.1. The van der Waals surface area contributed by atoms with Crippen molar-refractivity contribution in [3.63, 3.8) is 0 Å². The summed E-state index contributed by atoms with van der Waals surface area (Å²) in [5.74, 6) is 1.27. The van der Waals surface area contributed by atoms with Gasteiger partial charge in [-0.3, -0.25) is 4.55 Å². The lowest BCUT2D eigenvalue weighted by atomic mass is 9.85. The Morgan fingerprint density at radius 1 is 1.08 bits per heavy atom. The van der Waals surface area contributed by atoms with Crippen molar-refractivity contribution in [1.29, 1.82) is 0 Å². The van der Waals surface area contributed by atoms with Crippen LogP contribution in [0.3, 0.4) is 0 Å². The molecule has 0 atom stereocenters. The molecular weight excluding hydrogens is 360 g/mol. The smallest absolute Gasteiger partial charge is 0.282 e. The van der Waals surface area contributed by atoms with Crippen LogP contribution in [0.5, 0.6) is 0 Å². The molecule has 0 aliphatic heterocycles. The number of hydrogen-bond acceptors (Lipinski definition) is 2. The van der Waals surface area contributed by atoms with Gasteiger partial charge in [-0.05, 0) is 34.8 Å². The standard InChI is InChI=1S/C21H35O3SSi/c1-16(2)14-26(15-17(3)4)20-18(11-9-13-25(22,23)24)10-8-12-19(20)21(5,6)7/h8-10,12-13,16-17H,11,14-15H2,1-7H3,(H,22,23,24). The number of hydrogen-bond donors (Lipinski definition) is 1. The summed E-state index contributed by atoms with van der Waals surface area (Å²) in [6.07, 6.45) is 2.09. The zero-order valence-electron chi connectivity index (χ0n) is 17.3. The Labute approximate surface area is 162 Å². The molecule has 1 rings (SSSR count). The Hall–Kier alpha value is -0.913. The van der Waals surface area contributed by atoms with Gasteiger partial charge in [-0.25, -0.2) is 0 Å². The van der Waals surface area contributed by atoms with Gasteiger partial charge in [0.1, 0.15) is 0 Å². The lowest BCUT2D eigenvalue weighted by Gasteiger charge is -2.30. The molecule has 0 aromatic heterocycles. The third kappa shape index (κ3) is 7.76. The molecule has 1 aromatic carbocycles. The minimum Gasteiger partial charge on any atom is -0.282 e. The summed E-state index contributed by atoms with van der Waals surface area (Å²) in [5, 5.41) is 2.37. The van der Waals surface area contributed by atoms with Crippen LogP contribution in [0, 0.1) is 11.8 Å². The zero-order valence-corrected chi connectivity index (χ0v) is 19.2. The van der Waals surface area contributed by atoms with E-state index in [0.717, 1.165) is 5.41 Å². The molecule has 5 heteroatoms. The lowest BCUT2D eigenvalue weighted by molar-refractivity contribution is 0.494. The van der Waals surface area contributed by atoms with Crippen LogP contribution in [0.4, 0.5) is 0 Å². The third-order valence-corrected chi connectivity index (χ3v) is 8.68. The maximum Gasteiger partial charge on any atom is 0.287 e. The molecule has 1 aromatic rings. The number of allylic oxidation sites excluding steroid dienone is 1. The van der Waals surface area contributed by atoms with E-state index in [2.05, 4.69) is 66.7 Å². The summed E-state index contributed by atoms with van der Waals surface area (Å²) in [5.41, 5.74) is 2.63. The average molecular weight is 396 g/mol. The molecule has 0 aliphatic carbocycles. The van der Waals surface area contributed by atoms with E-state index in [9.17, 15) is 8.42 Å². The molecule has 0 saturated carbocycles. The second kappa shape index (κ2) is 9.33. The van der Waals surface area contributed by atoms with E-state index < -0.39 is 18.9 Å². The average Bonchev–Trinajstić information content (AvgIpc) is 2.43. The van der Waals surface area contributed by atoms with E-state index in [4.69, 9.17) is 4.55 Å². The predicted molar refractivity (Wildman–Crippen MR) is 114 cm³/mol. The molecule has 0 bridgehead atoms. The van der Waals surface area contributed by atoms with E-state index >= 15 is 0 Å². The van der Waals surface area contributed by atoms with Crippen LogP contribution in [-0.2, 0) is 22.0 Å². The third-order valence-electron chi connectivity index (χ3n) is 4.23. The van der Waals surface area contributed by atoms with E-state index in [1.807, 2.05) is 0 Å². The van der Waals surface area contributed by atoms with Gasteiger partial charge in [0.25, 0.3) is 10.1 Å². The second-order valence-corrected chi connectivity index (χ2v) is 12.8. The number of benzene rings is 1. The SMILES string of the molecule is CC(C)C[Si](CC(C)C)c1c(CC=CS(=O)(=O)O)cccc1C(C)(C)C. The summed E-state index contributed by atoms with van der Waals surface area (Å²) < 4.78 is 31.1. The quantitative estimate of drug-likeness (QED) is 0.501. The van der Waals surface area contributed by atoms with Gasteiger partial charge in [-0.2, -0.15) is 8.42 Å². The van der Waals surface area contributed by atoms with Crippen LogP contribution in [0.25, 0.3) is 0 Å². The molecule has 26 heavy (non-hydrogen) atoms. The molecule has 1 radical (unpaired) electrons. The van der Waals surface area contributed by atoms with Crippen LogP contribution in [0.15, 0.2) is 29.7 Å². The molecule has 0 heterocycles. The van der Waals surface area contributed by atoms with E-state index in [1.54, 1.807) is 6.08 Å². The summed E-state index contributed by atoms with van der Waals surface area (Å²) >= 11 is 0. The highest BCUT2D eigenvalue weighted by Gasteiger charge is 2.27.